The number of aryl methyl sites for hydroxylation is 2. The molecule has 1 aromatic carbocycles. The average molecular weight is 328 g/mol. The van der Waals surface area contributed by atoms with Crippen molar-refractivity contribution in [3.8, 4) is 0 Å². The molecule has 0 saturated heterocycles. The normalized spacial score (nSPS) is 12.4. The number of nitrogens with one attached hydrogen (secondary N) is 1. The van der Waals surface area contributed by atoms with Gasteiger partial charge in [0.2, 0.25) is 5.91 Å². The molecule has 1 atom stereocenters. The lowest BCUT2D eigenvalue weighted by Gasteiger charge is -2.25. The first kappa shape index (κ1) is 18.2. The fourth-order valence-electron chi connectivity index (χ4n) is 2.99. The maximum absolute atomic E-state index is 12.2. The van der Waals surface area contributed by atoms with Gasteiger partial charge in [-0.15, -0.1) is 0 Å². The molecular weight excluding hydrogens is 300 g/mol. The number of nitrogens with zero attached hydrogens (tertiary/aromatic N) is 3. The molecule has 1 N–H and O–H groups in total. The third kappa shape index (κ3) is 4.45. The maximum Gasteiger partial charge on any atom is 0.220 e. The molecule has 2 rings (SSSR count). The molecule has 1 aromatic heterocycles. The van der Waals surface area contributed by atoms with E-state index in [0.717, 1.165) is 17.8 Å². The van der Waals surface area contributed by atoms with Gasteiger partial charge >= 0.3 is 0 Å². The minimum Gasteiger partial charge on any atom is -0.354 e. The summed E-state index contributed by atoms with van der Waals surface area (Å²) in [6.45, 7) is 4.66. The van der Waals surface area contributed by atoms with Crippen molar-refractivity contribution >= 4 is 5.91 Å². The van der Waals surface area contributed by atoms with E-state index in [0.29, 0.717) is 13.0 Å². The molecule has 0 aliphatic rings. The predicted octanol–water partition coefficient (Wildman–Crippen LogP) is 2.39. The molecule has 0 spiro atoms. The van der Waals surface area contributed by atoms with Crippen LogP contribution in [0.2, 0.25) is 0 Å². The number of benzene rings is 1. The zero-order valence-corrected chi connectivity index (χ0v) is 15.3. The first-order valence-electron chi connectivity index (χ1n) is 8.37. The Morgan fingerprint density at radius 2 is 1.92 bits per heavy atom. The summed E-state index contributed by atoms with van der Waals surface area (Å²) in [6.07, 6.45) is 1.22. The van der Waals surface area contributed by atoms with Gasteiger partial charge in [0.05, 0.1) is 11.7 Å². The van der Waals surface area contributed by atoms with Crippen LogP contribution in [-0.4, -0.2) is 41.2 Å². The van der Waals surface area contributed by atoms with E-state index in [9.17, 15) is 4.79 Å². The Kier molecular flexibility index (Phi) is 6.15. The van der Waals surface area contributed by atoms with Crippen molar-refractivity contribution in [2.75, 3.05) is 20.6 Å². The molecule has 1 unspecified atom stereocenters. The molecule has 1 heterocycles. The van der Waals surface area contributed by atoms with Crippen LogP contribution >= 0.6 is 0 Å². The number of aromatic nitrogens is 2. The van der Waals surface area contributed by atoms with Gasteiger partial charge < -0.3 is 10.2 Å². The number of amides is 1. The zero-order chi connectivity index (χ0) is 17.7. The molecule has 5 heteroatoms. The van der Waals surface area contributed by atoms with Crippen molar-refractivity contribution in [1.82, 2.24) is 20.0 Å². The fourth-order valence-corrected chi connectivity index (χ4v) is 2.99. The van der Waals surface area contributed by atoms with Gasteiger partial charge in [-0.25, -0.2) is 0 Å². The fraction of sp³-hybridized carbons (Fsp3) is 0.474. The highest BCUT2D eigenvalue weighted by molar-refractivity contribution is 5.76. The summed E-state index contributed by atoms with van der Waals surface area (Å²) in [4.78, 5) is 14.4. The molecule has 1 amide bonds. The van der Waals surface area contributed by atoms with E-state index in [1.807, 2.05) is 57.9 Å². The molecule has 0 saturated carbocycles. The molecule has 5 nitrogen and oxygen atoms in total. The number of hydrogen-bond donors (Lipinski definition) is 1. The number of hydrogen-bond acceptors (Lipinski definition) is 3. The van der Waals surface area contributed by atoms with Crippen molar-refractivity contribution < 1.29 is 4.79 Å². The summed E-state index contributed by atoms with van der Waals surface area (Å²) in [7, 11) is 6.01. The quantitative estimate of drug-likeness (QED) is 0.849. The van der Waals surface area contributed by atoms with Crippen LogP contribution in [-0.2, 0) is 18.3 Å². The summed E-state index contributed by atoms with van der Waals surface area (Å²) in [5.41, 5.74) is 4.54. The van der Waals surface area contributed by atoms with Crippen LogP contribution in [0.3, 0.4) is 0 Å². The molecule has 0 fully saturated rings. The third-order valence-corrected chi connectivity index (χ3v) is 4.56. The van der Waals surface area contributed by atoms with E-state index in [2.05, 4.69) is 27.4 Å². The lowest BCUT2D eigenvalue weighted by atomic mass is 10.1. The molecule has 0 bridgehead atoms. The number of likely N-dealkylation sites (N-methyl/N-ethyl adjacent to an activating group) is 1. The Morgan fingerprint density at radius 3 is 2.46 bits per heavy atom. The van der Waals surface area contributed by atoms with E-state index in [-0.39, 0.29) is 11.9 Å². The molecule has 0 aliphatic carbocycles. The predicted molar refractivity (Wildman–Crippen MR) is 96.9 cm³/mol. The molecular formula is C19H28N4O. The van der Waals surface area contributed by atoms with E-state index >= 15 is 0 Å². The molecule has 24 heavy (non-hydrogen) atoms. The topological polar surface area (TPSA) is 50.2 Å². The lowest BCUT2D eigenvalue weighted by molar-refractivity contribution is -0.121. The van der Waals surface area contributed by atoms with E-state index in [1.165, 1.54) is 11.1 Å². The van der Waals surface area contributed by atoms with Gasteiger partial charge in [-0.05, 0) is 45.5 Å². The monoisotopic (exact) mass is 328 g/mol. The van der Waals surface area contributed by atoms with Gasteiger partial charge in [0.1, 0.15) is 0 Å². The second-order valence-electron chi connectivity index (χ2n) is 6.47. The van der Waals surface area contributed by atoms with E-state index < -0.39 is 0 Å². The Morgan fingerprint density at radius 1 is 1.25 bits per heavy atom. The summed E-state index contributed by atoms with van der Waals surface area (Å²) in [6, 6.07) is 10.4. The van der Waals surface area contributed by atoms with Crippen LogP contribution < -0.4 is 5.32 Å². The molecule has 0 aliphatic heterocycles. The Hall–Kier alpha value is -2.14. The van der Waals surface area contributed by atoms with Gasteiger partial charge in [-0.3, -0.25) is 9.48 Å². The molecule has 2 aromatic rings. The number of rotatable bonds is 7. The van der Waals surface area contributed by atoms with Gasteiger partial charge in [-0.2, -0.15) is 5.10 Å². The summed E-state index contributed by atoms with van der Waals surface area (Å²) < 4.78 is 1.88. The van der Waals surface area contributed by atoms with Gasteiger partial charge in [-0.1, -0.05) is 30.3 Å². The van der Waals surface area contributed by atoms with Crippen LogP contribution in [0.4, 0.5) is 0 Å². The summed E-state index contributed by atoms with van der Waals surface area (Å²) in [5.74, 6) is 0.0837. The van der Waals surface area contributed by atoms with Crippen molar-refractivity contribution in [1.29, 1.82) is 0 Å². The average Bonchev–Trinajstić information content (AvgIpc) is 2.79. The molecule has 0 radical (unpaired) electrons. The Labute approximate surface area is 144 Å². The van der Waals surface area contributed by atoms with Crippen molar-refractivity contribution in [2.24, 2.45) is 7.05 Å². The second kappa shape index (κ2) is 8.11. The summed E-state index contributed by atoms with van der Waals surface area (Å²) in [5, 5.41) is 7.47. The van der Waals surface area contributed by atoms with Crippen LogP contribution in [0.5, 0.6) is 0 Å². The van der Waals surface area contributed by atoms with Crippen LogP contribution in [0.15, 0.2) is 30.3 Å². The van der Waals surface area contributed by atoms with Gasteiger partial charge in [0.25, 0.3) is 0 Å². The van der Waals surface area contributed by atoms with Crippen molar-refractivity contribution in [2.45, 2.75) is 32.7 Å². The Bertz CT molecular complexity index is 676. The summed E-state index contributed by atoms with van der Waals surface area (Å²) >= 11 is 0. The second-order valence-corrected chi connectivity index (χ2v) is 6.47. The lowest BCUT2D eigenvalue weighted by Crippen LogP contribution is -2.34. The third-order valence-electron chi connectivity index (χ3n) is 4.56. The van der Waals surface area contributed by atoms with Crippen molar-refractivity contribution in [3.05, 3.63) is 52.8 Å². The maximum atomic E-state index is 12.2. The zero-order valence-electron chi connectivity index (χ0n) is 15.3. The van der Waals surface area contributed by atoms with Crippen LogP contribution in [0, 0.1) is 13.8 Å². The van der Waals surface area contributed by atoms with Crippen LogP contribution in [0.25, 0.3) is 0 Å². The van der Waals surface area contributed by atoms with E-state index in [1.54, 1.807) is 0 Å². The minimum absolute atomic E-state index is 0.0837. The number of carbonyl (C=O) groups is 1. The van der Waals surface area contributed by atoms with E-state index in [4.69, 9.17) is 0 Å². The van der Waals surface area contributed by atoms with Crippen molar-refractivity contribution in [3.63, 3.8) is 0 Å². The largest absolute Gasteiger partial charge is 0.354 e. The SMILES string of the molecule is Cc1nn(C)c(C)c1CCC(=O)NCC(c1ccccc1)N(C)C. The van der Waals surface area contributed by atoms with Gasteiger partial charge in [0.15, 0.2) is 0 Å². The highest BCUT2D eigenvalue weighted by atomic mass is 16.1. The van der Waals surface area contributed by atoms with Crippen LogP contribution in [0.1, 0.15) is 35.0 Å². The first-order chi connectivity index (χ1) is 11.4. The van der Waals surface area contributed by atoms with Gasteiger partial charge in [0, 0.05) is 25.7 Å². The smallest absolute Gasteiger partial charge is 0.220 e. The highest BCUT2D eigenvalue weighted by Crippen LogP contribution is 2.17. The molecule has 130 valence electrons. The number of carbonyl (C=O) groups excluding carboxylic acids is 1. The minimum atomic E-state index is 0.0837. The highest BCUT2D eigenvalue weighted by Gasteiger charge is 2.16. The first-order valence-corrected chi connectivity index (χ1v) is 8.37. The standard InChI is InChI=1S/C19H28N4O/c1-14-17(15(2)23(5)21-14)11-12-19(24)20-13-18(22(3)4)16-9-7-6-8-10-16/h6-10,18H,11-13H2,1-5H3,(H,20,24). The Balaban J connectivity index is 1.90.